The van der Waals surface area contributed by atoms with Gasteiger partial charge in [0.05, 0.1) is 0 Å². The molecule has 0 aromatic heterocycles. The van der Waals surface area contributed by atoms with Crippen molar-refractivity contribution in [1.82, 2.24) is 0 Å². The third-order valence-corrected chi connectivity index (χ3v) is 3.95. The van der Waals surface area contributed by atoms with Crippen molar-refractivity contribution in [3.63, 3.8) is 0 Å². The standard InChI is InChI=1S/C12H15ClFNO/c13-11-9(14)5-8(6-10(11)16)12(7-15)3-1-2-4-12/h5-6,16H,1-4,7,15H2. The molecule has 0 atom stereocenters. The fraction of sp³-hybridized carbons (Fsp3) is 0.500. The van der Waals surface area contributed by atoms with Gasteiger partial charge in [-0.25, -0.2) is 4.39 Å². The van der Waals surface area contributed by atoms with Gasteiger partial charge in [0.15, 0.2) is 0 Å². The molecule has 0 spiro atoms. The van der Waals surface area contributed by atoms with E-state index in [2.05, 4.69) is 0 Å². The van der Waals surface area contributed by atoms with Gasteiger partial charge in [-0.3, -0.25) is 0 Å². The number of phenols is 1. The minimum Gasteiger partial charge on any atom is -0.506 e. The highest BCUT2D eigenvalue weighted by molar-refractivity contribution is 6.32. The first-order valence-corrected chi connectivity index (χ1v) is 5.85. The molecular formula is C12H15ClFNO. The zero-order valence-electron chi connectivity index (χ0n) is 8.97. The van der Waals surface area contributed by atoms with Crippen LogP contribution in [0.25, 0.3) is 0 Å². The van der Waals surface area contributed by atoms with Crippen molar-refractivity contribution in [3.8, 4) is 5.75 Å². The Hall–Kier alpha value is -0.800. The molecule has 2 nitrogen and oxygen atoms in total. The number of phenolic OH excluding ortho intramolecular Hbond substituents is 1. The number of rotatable bonds is 2. The van der Waals surface area contributed by atoms with Crippen LogP contribution in [0.5, 0.6) is 5.75 Å². The Morgan fingerprint density at radius 1 is 1.38 bits per heavy atom. The Balaban J connectivity index is 2.47. The van der Waals surface area contributed by atoms with E-state index >= 15 is 0 Å². The van der Waals surface area contributed by atoms with E-state index in [9.17, 15) is 9.50 Å². The van der Waals surface area contributed by atoms with Gasteiger partial charge in [0.2, 0.25) is 0 Å². The Morgan fingerprint density at radius 2 is 2.00 bits per heavy atom. The Kier molecular flexibility index (Phi) is 3.08. The van der Waals surface area contributed by atoms with E-state index in [1.165, 1.54) is 6.07 Å². The molecule has 0 heterocycles. The summed E-state index contributed by atoms with van der Waals surface area (Å²) in [5.74, 6) is -0.771. The lowest BCUT2D eigenvalue weighted by molar-refractivity contribution is 0.435. The molecule has 88 valence electrons. The van der Waals surface area contributed by atoms with E-state index < -0.39 is 5.82 Å². The molecule has 0 radical (unpaired) electrons. The van der Waals surface area contributed by atoms with Gasteiger partial charge in [-0.2, -0.15) is 0 Å². The van der Waals surface area contributed by atoms with E-state index in [1.54, 1.807) is 6.07 Å². The third kappa shape index (κ3) is 1.78. The van der Waals surface area contributed by atoms with Crippen LogP contribution in [0, 0.1) is 5.82 Å². The van der Waals surface area contributed by atoms with Gasteiger partial charge in [0.1, 0.15) is 16.6 Å². The van der Waals surface area contributed by atoms with E-state index in [0.29, 0.717) is 6.54 Å². The molecule has 1 aliphatic rings. The number of hydrogen-bond acceptors (Lipinski definition) is 2. The van der Waals surface area contributed by atoms with Crippen molar-refractivity contribution in [3.05, 3.63) is 28.5 Å². The van der Waals surface area contributed by atoms with Crippen LogP contribution in [-0.4, -0.2) is 11.7 Å². The van der Waals surface area contributed by atoms with Crippen molar-refractivity contribution in [2.75, 3.05) is 6.54 Å². The molecule has 3 N–H and O–H groups in total. The van der Waals surface area contributed by atoms with E-state index in [4.69, 9.17) is 17.3 Å². The molecule has 1 aromatic carbocycles. The quantitative estimate of drug-likeness (QED) is 0.839. The van der Waals surface area contributed by atoms with Crippen LogP contribution in [0.4, 0.5) is 4.39 Å². The average molecular weight is 244 g/mol. The minimum absolute atomic E-state index is 0.178. The normalized spacial score (nSPS) is 18.9. The Labute approximate surface area is 99.2 Å². The van der Waals surface area contributed by atoms with E-state index in [0.717, 1.165) is 31.2 Å². The largest absolute Gasteiger partial charge is 0.506 e. The van der Waals surface area contributed by atoms with E-state index in [1.807, 2.05) is 0 Å². The van der Waals surface area contributed by atoms with Crippen LogP contribution in [0.2, 0.25) is 5.02 Å². The fourth-order valence-corrected chi connectivity index (χ4v) is 2.65. The number of halogens is 2. The summed E-state index contributed by atoms with van der Waals surface area (Å²) in [6, 6.07) is 2.95. The Morgan fingerprint density at radius 3 is 2.50 bits per heavy atom. The molecule has 0 unspecified atom stereocenters. The second-order valence-corrected chi connectivity index (χ2v) is 4.86. The lowest BCUT2D eigenvalue weighted by Crippen LogP contribution is -2.32. The first kappa shape index (κ1) is 11.7. The predicted octanol–water partition coefficient (Wildman–Crippen LogP) is 2.96. The summed E-state index contributed by atoms with van der Waals surface area (Å²) in [5, 5.41) is 9.32. The highest BCUT2D eigenvalue weighted by Gasteiger charge is 2.35. The first-order chi connectivity index (χ1) is 7.59. The molecule has 1 aliphatic carbocycles. The monoisotopic (exact) mass is 243 g/mol. The molecule has 0 bridgehead atoms. The zero-order valence-corrected chi connectivity index (χ0v) is 9.73. The third-order valence-electron chi connectivity index (χ3n) is 3.57. The summed E-state index contributed by atoms with van der Waals surface area (Å²) in [5.41, 5.74) is 6.39. The molecule has 0 aliphatic heterocycles. The second kappa shape index (κ2) is 4.22. The topological polar surface area (TPSA) is 46.2 Å². The van der Waals surface area contributed by atoms with Gasteiger partial charge in [0.25, 0.3) is 0 Å². The zero-order chi connectivity index (χ0) is 11.8. The molecule has 1 fully saturated rings. The summed E-state index contributed by atoms with van der Waals surface area (Å²) < 4.78 is 13.5. The summed E-state index contributed by atoms with van der Waals surface area (Å²) >= 11 is 5.59. The van der Waals surface area contributed by atoms with Crippen LogP contribution in [-0.2, 0) is 5.41 Å². The maximum Gasteiger partial charge on any atom is 0.145 e. The van der Waals surface area contributed by atoms with E-state index in [-0.39, 0.29) is 16.2 Å². The van der Waals surface area contributed by atoms with Crippen LogP contribution in [0.1, 0.15) is 31.2 Å². The smallest absolute Gasteiger partial charge is 0.145 e. The van der Waals surface area contributed by atoms with Gasteiger partial charge in [-0.05, 0) is 30.5 Å². The maximum atomic E-state index is 13.5. The second-order valence-electron chi connectivity index (χ2n) is 4.48. The van der Waals surface area contributed by atoms with Gasteiger partial charge in [-0.1, -0.05) is 24.4 Å². The molecule has 1 aromatic rings. The van der Waals surface area contributed by atoms with Crippen LogP contribution >= 0.6 is 11.6 Å². The summed E-state index contributed by atoms with van der Waals surface area (Å²) in [6.07, 6.45) is 4.10. The van der Waals surface area contributed by atoms with Gasteiger partial charge in [-0.15, -0.1) is 0 Å². The molecule has 0 amide bonds. The maximum absolute atomic E-state index is 13.5. The molecule has 1 saturated carbocycles. The van der Waals surface area contributed by atoms with Gasteiger partial charge < -0.3 is 10.8 Å². The summed E-state index contributed by atoms with van der Waals surface area (Å²) in [4.78, 5) is 0. The predicted molar refractivity (Wildman–Crippen MR) is 62.3 cm³/mol. The lowest BCUT2D eigenvalue weighted by Gasteiger charge is -2.28. The van der Waals surface area contributed by atoms with Crippen LogP contribution in [0.3, 0.4) is 0 Å². The highest BCUT2D eigenvalue weighted by atomic mass is 35.5. The minimum atomic E-state index is -0.573. The summed E-state index contributed by atoms with van der Waals surface area (Å²) in [7, 11) is 0. The van der Waals surface area contributed by atoms with Crippen LogP contribution in [0.15, 0.2) is 12.1 Å². The number of hydrogen-bond donors (Lipinski definition) is 2. The van der Waals surface area contributed by atoms with Gasteiger partial charge in [0, 0.05) is 12.0 Å². The summed E-state index contributed by atoms with van der Waals surface area (Å²) in [6.45, 7) is 0.480. The average Bonchev–Trinajstić information content (AvgIpc) is 2.75. The highest BCUT2D eigenvalue weighted by Crippen LogP contribution is 2.42. The molecule has 0 saturated heterocycles. The first-order valence-electron chi connectivity index (χ1n) is 5.48. The van der Waals surface area contributed by atoms with Crippen molar-refractivity contribution in [2.24, 2.45) is 5.73 Å². The van der Waals surface area contributed by atoms with Gasteiger partial charge >= 0.3 is 0 Å². The van der Waals surface area contributed by atoms with Crippen molar-refractivity contribution in [1.29, 1.82) is 0 Å². The number of nitrogens with two attached hydrogens (primary N) is 1. The number of aromatic hydroxyl groups is 1. The lowest BCUT2D eigenvalue weighted by atomic mass is 9.79. The van der Waals surface area contributed by atoms with Crippen molar-refractivity contribution >= 4 is 11.6 Å². The van der Waals surface area contributed by atoms with Crippen LogP contribution < -0.4 is 5.73 Å². The SMILES string of the molecule is NCC1(c2cc(O)c(Cl)c(F)c2)CCCC1. The number of benzene rings is 1. The Bertz CT molecular complexity index is 379. The molecular weight excluding hydrogens is 229 g/mol. The molecule has 16 heavy (non-hydrogen) atoms. The van der Waals surface area contributed by atoms with Crippen molar-refractivity contribution in [2.45, 2.75) is 31.1 Å². The van der Waals surface area contributed by atoms with Crippen molar-refractivity contribution < 1.29 is 9.50 Å². The molecule has 4 heteroatoms. The molecule has 2 rings (SSSR count). The fourth-order valence-electron chi connectivity index (χ4n) is 2.54.